The fraction of sp³-hybridized carbons (Fsp3) is 0.300. The Morgan fingerprint density at radius 3 is 2.47 bits per heavy atom. The van der Waals surface area contributed by atoms with Crippen LogP contribution in [0.25, 0.3) is 0 Å². The zero-order valence-corrected chi connectivity index (χ0v) is 8.58. The van der Waals surface area contributed by atoms with Crippen LogP contribution in [0.1, 0.15) is 17.2 Å². The van der Waals surface area contributed by atoms with Crippen LogP contribution in [-0.2, 0) is 15.7 Å². The summed E-state index contributed by atoms with van der Waals surface area (Å²) in [6, 6.07) is 1.50. The number of hydrogen-bond donors (Lipinski definition) is 1. The van der Waals surface area contributed by atoms with Gasteiger partial charge in [-0.05, 0) is 18.2 Å². The Kier molecular flexibility index (Phi) is 3.72. The molecular weight excluding hydrogens is 244 g/mol. The van der Waals surface area contributed by atoms with Gasteiger partial charge in [0, 0.05) is 5.56 Å². The summed E-state index contributed by atoms with van der Waals surface area (Å²) in [5.41, 5.74) is -2.15. The number of halogens is 4. The van der Waals surface area contributed by atoms with Crippen LogP contribution in [0.5, 0.6) is 0 Å². The van der Waals surface area contributed by atoms with Crippen LogP contribution in [0.15, 0.2) is 18.2 Å². The Morgan fingerprint density at radius 1 is 1.41 bits per heavy atom. The second kappa shape index (κ2) is 4.70. The van der Waals surface area contributed by atoms with E-state index in [1.165, 1.54) is 0 Å². The van der Waals surface area contributed by atoms with Crippen LogP contribution >= 0.6 is 0 Å². The van der Waals surface area contributed by atoms with Gasteiger partial charge in [-0.2, -0.15) is 13.2 Å². The Balaban J connectivity index is 3.30. The van der Waals surface area contributed by atoms with Crippen molar-refractivity contribution < 1.29 is 32.2 Å². The van der Waals surface area contributed by atoms with Gasteiger partial charge < -0.3 is 9.84 Å². The molecular formula is C10H8F4O3. The first kappa shape index (κ1) is 13.4. The molecule has 0 saturated heterocycles. The van der Waals surface area contributed by atoms with E-state index in [-0.39, 0.29) is 0 Å². The van der Waals surface area contributed by atoms with Crippen molar-refractivity contribution in [2.75, 3.05) is 7.11 Å². The minimum absolute atomic E-state index is 0.449. The van der Waals surface area contributed by atoms with Crippen molar-refractivity contribution in [3.8, 4) is 0 Å². The summed E-state index contributed by atoms with van der Waals surface area (Å²) in [6.45, 7) is 0. The lowest BCUT2D eigenvalue weighted by atomic mass is 10.0. The molecule has 0 amide bonds. The van der Waals surface area contributed by atoms with E-state index < -0.39 is 35.2 Å². The Labute approximate surface area is 93.6 Å². The number of aliphatic hydroxyl groups excluding tert-OH is 1. The third-order valence-corrected chi connectivity index (χ3v) is 2.04. The van der Waals surface area contributed by atoms with Gasteiger partial charge in [0.25, 0.3) is 0 Å². The van der Waals surface area contributed by atoms with Gasteiger partial charge in [0.2, 0.25) is 0 Å². The van der Waals surface area contributed by atoms with Gasteiger partial charge >= 0.3 is 12.1 Å². The van der Waals surface area contributed by atoms with E-state index in [2.05, 4.69) is 4.74 Å². The molecule has 1 N–H and O–H groups in total. The minimum Gasteiger partial charge on any atom is -0.467 e. The fourth-order valence-electron chi connectivity index (χ4n) is 1.26. The van der Waals surface area contributed by atoms with Crippen molar-refractivity contribution in [2.45, 2.75) is 12.3 Å². The van der Waals surface area contributed by atoms with Crippen molar-refractivity contribution in [1.82, 2.24) is 0 Å². The van der Waals surface area contributed by atoms with E-state index in [0.29, 0.717) is 18.2 Å². The zero-order chi connectivity index (χ0) is 13.2. The van der Waals surface area contributed by atoms with Gasteiger partial charge in [-0.3, -0.25) is 0 Å². The van der Waals surface area contributed by atoms with Gasteiger partial charge in [0.1, 0.15) is 5.82 Å². The summed E-state index contributed by atoms with van der Waals surface area (Å²) in [5.74, 6) is -2.28. The lowest BCUT2D eigenvalue weighted by Gasteiger charge is -2.15. The SMILES string of the molecule is COC(=O)C(O)c1cc(F)ccc1C(F)(F)F. The average molecular weight is 252 g/mol. The third kappa shape index (κ3) is 2.94. The zero-order valence-electron chi connectivity index (χ0n) is 8.58. The molecule has 0 fully saturated rings. The molecule has 17 heavy (non-hydrogen) atoms. The number of aliphatic hydroxyl groups is 1. The summed E-state index contributed by atoms with van der Waals surface area (Å²) >= 11 is 0. The number of ether oxygens (including phenoxy) is 1. The van der Waals surface area contributed by atoms with E-state index in [1.807, 2.05) is 0 Å². The molecule has 94 valence electrons. The number of carbonyl (C=O) groups excluding carboxylic acids is 1. The average Bonchev–Trinajstić information content (AvgIpc) is 2.25. The van der Waals surface area contributed by atoms with Crippen molar-refractivity contribution in [3.63, 3.8) is 0 Å². The van der Waals surface area contributed by atoms with Crippen LogP contribution in [0.4, 0.5) is 17.6 Å². The van der Waals surface area contributed by atoms with Crippen LogP contribution in [0, 0.1) is 5.82 Å². The van der Waals surface area contributed by atoms with Gasteiger partial charge in [0.15, 0.2) is 6.10 Å². The second-order valence-corrected chi connectivity index (χ2v) is 3.16. The normalized spacial score (nSPS) is 13.3. The largest absolute Gasteiger partial charge is 0.467 e. The highest BCUT2D eigenvalue weighted by Crippen LogP contribution is 2.35. The highest BCUT2D eigenvalue weighted by Gasteiger charge is 2.37. The van der Waals surface area contributed by atoms with Gasteiger partial charge in [-0.15, -0.1) is 0 Å². The summed E-state index contributed by atoms with van der Waals surface area (Å²) in [6.07, 6.45) is -6.97. The molecule has 0 aliphatic carbocycles. The van der Waals surface area contributed by atoms with Crippen molar-refractivity contribution in [1.29, 1.82) is 0 Å². The molecule has 1 rings (SSSR count). The third-order valence-electron chi connectivity index (χ3n) is 2.04. The molecule has 1 aromatic rings. The molecule has 7 heteroatoms. The number of rotatable bonds is 2. The van der Waals surface area contributed by atoms with Crippen molar-refractivity contribution in [2.24, 2.45) is 0 Å². The number of hydrogen-bond acceptors (Lipinski definition) is 3. The molecule has 0 spiro atoms. The van der Waals surface area contributed by atoms with E-state index in [4.69, 9.17) is 0 Å². The molecule has 0 aliphatic heterocycles. The summed E-state index contributed by atoms with van der Waals surface area (Å²) in [7, 11) is 0.901. The lowest BCUT2D eigenvalue weighted by Crippen LogP contribution is -2.19. The van der Waals surface area contributed by atoms with Crippen LogP contribution in [-0.4, -0.2) is 18.2 Å². The molecule has 1 atom stereocenters. The first-order valence-corrected chi connectivity index (χ1v) is 4.40. The van der Waals surface area contributed by atoms with Crippen molar-refractivity contribution in [3.05, 3.63) is 35.1 Å². The van der Waals surface area contributed by atoms with E-state index in [0.717, 1.165) is 7.11 Å². The number of alkyl halides is 3. The number of benzene rings is 1. The van der Waals surface area contributed by atoms with E-state index >= 15 is 0 Å². The first-order valence-electron chi connectivity index (χ1n) is 4.40. The summed E-state index contributed by atoms with van der Waals surface area (Å²) in [5, 5.41) is 9.32. The highest BCUT2D eigenvalue weighted by atomic mass is 19.4. The Bertz CT molecular complexity index is 428. The lowest BCUT2D eigenvalue weighted by molar-refractivity contribution is -0.152. The standard InChI is InChI=1S/C10H8F4O3/c1-17-9(16)8(15)6-4-5(11)2-3-7(6)10(12,13)14/h2-4,8,15H,1H3. The molecule has 3 nitrogen and oxygen atoms in total. The first-order chi connectivity index (χ1) is 7.77. The van der Waals surface area contributed by atoms with Crippen LogP contribution in [0.3, 0.4) is 0 Å². The monoisotopic (exact) mass is 252 g/mol. The predicted octanol–water partition coefficient (Wildman–Crippen LogP) is 2.05. The highest BCUT2D eigenvalue weighted by molar-refractivity contribution is 5.76. The Morgan fingerprint density at radius 2 is 2.00 bits per heavy atom. The molecule has 0 heterocycles. The number of methoxy groups -OCH3 is 1. The minimum atomic E-state index is -4.79. The van der Waals surface area contributed by atoms with Crippen molar-refractivity contribution >= 4 is 5.97 Å². The maximum atomic E-state index is 12.8. The quantitative estimate of drug-likeness (QED) is 0.647. The molecule has 0 saturated carbocycles. The molecule has 0 aliphatic rings. The van der Waals surface area contributed by atoms with Gasteiger partial charge in [-0.1, -0.05) is 0 Å². The maximum Gasteiger partial charge on any atom is 0.416 e. The van der Waals surface area contributed by atoms with Gasteiger partial charge in [0.05, 0.1) is 12.7 Å². The fourth-order valence-corrected chi connectivity index (χ4v) is 1.26. The number of carbonyl (C=O) groups is 1. The molecule has 1 aromatic carbocycles. The topological polar surface area (TPSA) is 46.5 Å². The molecule has 0 radical (unpaired) electrons. The van der Waals surface area contributed by atoms with Crippen LogP contribution < -0.4 is 0 Å². The summed E-state index contributed by atoms with van der Waals surface area (Å²) < 4.78 is 54.5. The molecule has 0 aromatic heterocycles. The molecule has 1 unspecified atom stereocenters. The van der Waals surface area contributed by atoms with E-state index in [1.54, 1.807) is 0 Å². The maximum absolute atomic E-state index is 12.8. The van der Waals surface area contributed by atoms with Crippen LogP contribution in [0.2, 0.25) is 0 Å². The van der Waals surface area contributed by atoms with Gasteiger partial charge in [-0.25, -0.2) is 9.18 Å². The molecule has 0 bridgehead atoms. The Hall–Kier alpha value is -1.63. The smallest absolute Gasteiger partial charge is 0.416 e. The number of esters is 1. The second-order valence-electron chi connectivity index (χ2n) is 3.16. The van der Waals surface area contributed by atoms with E-state index in [9.17, 15) is 27.5 Å². The predicted molar refractivity (Wildman–Crippen MR) is 48.4 cm³/mol. The summed E-state index contributed by atoms with van der Waals surface area (Å²) in [4.78, 5) is 10.9.